The molecule has 3 unspecified atom stereocenters. The molecule has 2 rings (SSSR count). The maximum atomic E-state index is 12.2. The Morgan fingerprint density at radius 1 is 1.68 bits per heavy atom. The highest BCUT2D eigenvalue weighted by molar-refractivity contribution is 7.11. The molecule has 2 N–H and O–H groups in total. The van der Waals surface area contributed by atoms with E-state index in [1.165, 1.54) is 4.88 Å². The lowest BCUT2D eigenvalue weighted by molar-refractivity contribution is -0.124. The number of hydrogen-bond acceptors (Lipinski definition) is 4. The van der Waals surface area contributed by atoms with Gasteiger partial charge in [0.2, 0.25) is 5.91 Å². The number of amides is 1. The summed E-state index contributed by atoms with van der Waals surface area (Å²) in [7, 11) is 0. The van der Waals surface area contributed by atoms with Crippen molar-refractivity contribution in [2.75, 3.05) is 6.54 Å². The van der Waals surface area contributed by atoms with Crippen molar-refractivity contribution in [3.05, 3.63) is 16.1 Å². The number of aryl methyl sites for hydroxylation is 1. The Hall–Kier alpha value is -0.940. The smallest absolute Gasteiger partial charge is 0.237 e. The molecule has 4 nitrogen and oxygen atoms in total. The van der Waals surface area contributed by atoms with Crippen LogP contribution in [0.25, 0.3) is 0 Å². The minimum Gasteiger partial charge on any atom is -0.346 e. The normalized spacial score (nSPS) is 25.0. The zero-order chi connectivity index (χ0) is 13.8. The highest BCUT2D eigenvalue weighted by Crippen LogP contribution is 2.21. The lowest BCUT2D eigenvalue weighted by Crippen LogP contribution is -2.48. The van der Waals surface area contributed by atoms with Crippen molar-refractivity contribution < 1.29 is 4.79 Å². The number of carbonyl (C=O) groups excluding carboxylic acids is 1. The minimum atomic E-state index is -0.0446. The van der Waals surface area contributed by atoms with E-state index < -0.39 is 0 Å². The summed E-state index contributed by atoms with van der Waals surface area (Å²) in [4.78, 5) is 17.9. The topological polar surface area (TPSA) is 54.0 Å². The summed E-state index contributed by atoms with van der Waals surface area (Å²) in [6.45, 7) is 7.26. The summed E-state index contributed by atoms with van der Waals surface area (Å²) in [6, 6.07) is -0.0476. The number of hydrogen-bond donors (Lipinski definition) is 2. The van der Waals surface area contributed by atoms with Crippen LogP contribution in [-0.2, 0) is 11.2 Å². The number of nitrogens with one attached hydrogen (secondary N) is 2. The molecule has 0 spiro atoms. The quantitative estimate of drug-likeness (QED) is 0.890. The second-order valence-electron chi connectivity index (χ2n) is 5.38. The van der Waals surface area contributed by atoms with E-state index in [1.807, 2.05) is 13.1 Å². The van der Waals surface area contributed by atoms with E-state index in [-0.39, 0.29) is 18.0 Å². The van der Waals surface area contributed by atoms with Gasteiger partial charge < -0.3 is 10.6 Å². The largest absolute Gasteiger partial charge is 0.346 e. The monoisotopic (exact) mass is 281 g/mol. The summed E-state index contributed by atoms with van der Waals surface area (Å²) in [6.07, 6.45) is 4.99. The fourth-order valence-corrected chi connectivity index (χ4v) is 3.23. The standard InChI is InChI=1S/C14H23N3OS/c1-4-11-8-16-14(19-11)10(3)17-13(18)12-7-9(2)5-6-15-12/h8-10,12,15H,4-7H2,1-3H3,(H,17,18). The second-order valence-corrected chi connectivity index (χ2v) is 6.53. The summed E-state index contributed by atoms with van der Waals surface area (Å²) in [5.41, 5.74) is 0. The molecule has 5 heteroatoms. The Morgan fingerprint density at radius 3 is 3.11 bits per heavy atom. The zero-order valence-electron chi connectivity index (χ0n) is 11.9. The maximum absolute atomic E-state index is 12.2. The van der Waals surface area contributed by atoms with Gasteiger partial charge in [-0.15, -0.1) is 11.3 Å². The van der Waals surface area contributed by atoms with E-state index in [0.29, 0.717) is 5.92 Å². The van der Waals surface area contributed by atoms with E-state index in [9.17, 15) is 4.79 Å². The molecule has 2 heterocycles. The lowest BCUT2D eigenvalue weighted by atomic mass is 9.94. The molecule has 0 aromatic carbocycles. The average Bonchev–Trinajstić information content (AvgIpc) is 2.87. The predicted molar refractivity (Wildman–Crippen MR) is 78.2 cm³/mol. The van der Waals surface area contributed by atoms with Crippen LogP contribution in [0.3, 0.4) is 0 Å². The molecule has 1 fully saturated rings. The van der Waals surface area contributed by atoms with Crippen LogP contribution in [-0.4, -0.2) is 23.5 Å². The number of nitrogens with zero attached hydrogens (tertiary/aromatic N) is 1. The van der Waals surface area contributed by atoms with Gasteiger partial charge in [0.15, 0.2) is 0 Å². The molecular formula is C14H23N3OS. The van der Waals surface area contributed by atoms with Crippen molar-refractivity contribution in [2.45, 2.75) is 52.1 Å². The van der Waals surface area contributed by atoms with E-state index in [2.05, 4.69) is 29.5 Å². The Balaban J connectivity index is 1.90. The van der Waals surface area contributed by atoms with Gasteiger partial charge in [0, 0.05) is 11.1 Å². The number of rotatable bonds is 4. The molecule has 1 saturated heterocycles. The van der Waals surface area contributed by atoms with Crippen molar-refractivity contribution in [3.8, 4) is 0 Å². The molecule has 1 aliphatic heterocycles. The summed E-state index contributed by atoms with van der Waals surface area (Å²) in [5.74, 6) is 0.728. The highest BCUT2D eigenvalue weighted by Gasteiger charge is 2.26. The van der Waals surface area contributed by atoms with Gasteiger partial charge in [0.1, 0.15) is 5.01 Å². The van der Waals surface area contributed by atoms with Crippen molar-refractivity contribution >= 4 is 17.2 Å². The fraction of sp³-hybridized carbons (Fsp3) is 0.714. The van der Waals surface area contributed by atoms with Crippen LogP contribution in [0.4, 0.5) is 0 Å². The molecule has 0 saturated carbocycles. The zero-order valence-corrected chi connectivity index (χ0v) is 12.7. The van der Waals surface area contributed by atoms with Crippen LogP contribution in [0, 0.1) is 5.92 Å². The highest BCUT2D eigenvalue weighted by atomic mass is 32.1. The minimum absolute atomic E-state index is 0.00293. The van der Waals surface area contributed by atoms with Crippen molar-refractivity contribution in [1.82, 2.24) is 15.6 Å². The Labute approximate surface area is 119 Å². The number of thiazole rings is 1. The second kappa shape index (κ2) is 6.48. The number of aromatic nitrogens is 1. The molecule has 3 atom stereocenters. The average molecular weight is 281 g/mol. The van der Waals surface area contributed by atoms with Gasteiger partial charge in [-0.3, -0.25) is 4.79 Å². The predicted octanol–water partition coefficient (Wildman–Crippen LogP) is 2.27. The van der Waals surface area contributed by atoms with Crippen molar-refractivity contribution in [3.63, 3.8) is 0 Å². The van der Waals surface area contributed by atoms with E-state index in [1.54, 1.807) is 11.3 Å². The first-order chi connectivity index (χ1) is 9.10. The van der Waals surface area contributed by atoms with Gasteiger partial charge in [-0.05, 0) is 38.6 Å². The molecule has 1 aromatic rings. The van der Waals surface area contributed by atoms with Crippen molar-refractivity contribution in [2.24, 2.45) is 5.92 Å². The Bertz CT molecular complexity index is 432. The third kappa shape index (κ3) is 3.76. The molecule has 1 aromatic heterocycles. The van der Waals surface area contributed by atoms with Gasteiger partial charge in [-0.1, -0.05) is 13.8 Å². The van der Waals surface area contributed by atoms with Gasteiger partial charge in [-0.2, -0.15) is 0 Å². The first-order valence-corrected chi connectivity index (χ1v) is 7.90. The number of piperidine rings is 1. The first kappa shape index (κ1) is 14.5. The molecule has 1 aliphatic rings. The maximum Gasteiger partial charge on any atom is 0.237 e. The van der Waals surface area contributed by atoms with E-state index in [0.717, 1.165) is 30.8 Å². The molecular weight excluding hydrogens is 258 g/mol. The van der Waals surface area contributed by atoms with Gasteiger partial charge in [-0.25, -0.2) is 4.98 Å². The number of carbonyl (C=O) groups is 1. The summed E-state index contributed by atoms with van der Waals surface area (Å²) >= 11 is 1.68. The van der Waals surface area contributed by atoms with Gasteiger partial charge in [0.05, 0.1) is 12.1 Å². The SMILES string of the molecule is CCc1cnc(C(C)NC(=O)C2CC(C)CCN2)s1. The molecule has 106 valence electrons. The third-order valence-corrected chi connectivity index (χ3v) is 4.96. The van der Waals surface area contributed by atoms with Crippen LogP contribution in [0.15, 0.2) is 6.20 Å². The molecule has 0 radical (unpaired) electrons. The Morgan fingerprint density at radius 2 is 2.47 bits per heavy atom. The fourth-order valence-electron chi connectivity index (χ4n) is 2.37. The summed E-state index contributed by atoms with van der Waals surface area (Å²) in [5, 5.41) is 7.36. The van der Waals surface area contributed by atoms with Gasteiger partial charge in [0.25, 0.3) is 0 Å². The Kier molecular flexibility index (Phi) is 4.93. The summed E-state index contributed by atoms with van der Waals surface area (Å²) < 4.78 is 0. The van der Waals surface area contributed by atoms with Gasteiger partial charge >= 0.3 is 0 Å². The molecule has 0 bridgehead atoms. The molecule has 0 aliphatic carbocycles. The molecule has 19 heavy (non-hydrogen) atoms. The van der Waals surface area contributed by atoms with E-state index in [4.69, 9.17) is 0 Å². The van der Waals surface area contributed by atoms with Crippen LogP contribution in [0.1, 0.15) is 49.5 Å². The van der Waals surface area contributed by atoms with Crippen molar-refractivity contribution in [1.29, 1.82) is 0 Å². The van der Waals surface area contributed by atoms with Crippen LogP contribution in [0.2, 0.25) is 0 Å². The van der Waals surface area contributed by atoms with Crippen LogP contribution in [0.5, 0.6) is 0 Å². The first-order valence-electron chi connectivity index (χ1n) is 7.08. The van der Waals surface area contributed by atoms with Crippen LogP contribution >= 0.6 is 11.3 Å². The lowest BCUT2D eigenvalue weighted by Gasteiger charge is -2.28. The van der Waals surface area contributed by atoms with Crippen LogP contribution < -0.4 is 10.6 Å². The molecule has 1 amide bonds. The third-order valence-electron chi connectivity index (χ3n) is 3.63. The van der Waals surface area contributed by atoms with E-state index >= 15 is 0 Å².